The molecule has 1 aromatic rings. The van der Waals surface area contributed by atoms with Crippen molar-refractivity contribution in [2.24, 2.45) is 0 Å². The zero-order valence-electron chi connectivity index (χ0n) is 11.7. The van der Waals surface area contributed by atoms with Gasteiger partial charge in [-0.3, -0.25) is 4.79 Å². The van der Waals surface area contributed by atoms with Crippen molar-refractivity contribution >= 4 is 5.91 Å². The van der Waals surface area contributed by atoms with Crippen molar-refractivity contribution in [3.63, 3.8) is 0 Å². The summed E-state index contributed by atoms with van der Waals surface area (Å²) in [4.78, 5) is 12.0. The lowest BCUT2D eigenvalue weighted by Gasteiger charge is -2.23. The molecule has 0 aromatic carbocycles. The van der Waals surface area contributed by atoms with Crippen LogP contribution in [-0.2, 0) is 11.2 Å². The average Bonchev–Trinajstić information content (AvgIpc) is 2.68. The molecule has 0 saturated carbocycles. The van der Waals surface area contributed by atoms with Gasteiger partial charge in [-0.2, -0.15) is 13.9 Å². The van der Waals surface area contributed by atoms with Gasteiger partial charge in [-0.25, -0.2) is 4.68 Å². The van der Waals surface area contributed by atoms with Gasteiger partial charge in [-0.15, -0.1) is 0 Å². The number of nitrogens with one attached hydrogen (secondary N) is 2. The third-order valence-corrected chi connectivity index (χ3v) is 3.66. The van der Waals surface area contributed by atoms with E-state index in [1.54, 1.807) is 13.8 Å². The van der Waals surface area contributed by atoms with Gasteiger partial charge in [0.15, 0.2) is 0 Å². The molecule has 2 rings (SSSR count). The van der Waals surface area contributed by atoms with E-state index in [1.807, 2.05) is 0 Å². The first-order chi connectivity index (χ1) is 9.49. The number of rotatable bonds is 4. The van der Waals surface area contributed by atoms with Gasteiger partial charge >= 0.3 is 6.55 Å². The smallest absolute Gasteiger partial charge is 0.333 e. The topological polar surface area (TPSA) is 59.0 Å². The van der Waals surface area contributed by atoms with Gasteiger partial charge in [0.2, 0.25) is 5.91 Å². The Labute approximate surface area is 116 Å². The molecule has 5 nitrogen and oxygen atoms in total. The number of carbonyl (C=O) groups is 1. The Morgan fingerprint density at radius 1 is 1.55 bits per heavy atom. The van der Waals surface area contributed by atoms with Gasteiger partial charge < -0.3 is 10.6 Å². The Bertz CT molecular complexity index is 481. The maximum atomic E-state index is 12.7. The van der Waals surface area contributed by atoms with Crippen LogP contribution < -0.4 is 10.6 Å². The Morgan fingerprint density at radius 3 is 2.85 bits per heavy atom. The largest absolute Gasteiger partial charge is 0.352 e. The molecule has 2 N–H and O–H groups in total. The first-order valence-electron chi connectivity index (χ1n) is 6.82. The summed E-state index contributed by atoms with van der Waals surface area (Å²) in [5.41, 5.74) is 1.43. The number of halogens is 2. The molecule has 112 valence electrons. The molecule has 1 fully saturated rings. The SMILES string of the molecule is Cc1nn(C(F)F)c(C)c1CC(=O)NC1CCCNC1. The van der Waals surface area contributed by atoms with Gasteiger partial charge in [0, 0.05) is 23.8 Å². The predicted octanol–water partition coefficient (Wildman–Crippen LogP) is 1.31. The van der Waals surface area contributed by atoms with Crippen molar-refractivity contribution < 1.29 is 13.6 Å². The van der Waals surface area contributed by atoms with E-state index >= 15 is 0 Å². The molecule has 1 aromatic heterocycles. The van der Waals surface area contributed by atoms with Crippen molar-refractivity contribution in [3.8, 4) is 0 Å². The zero-order valence-corrected chi connectivity index (χ0v) is 11.7. The maximum absolute atomic E-state index is 12.7. The molecule has 1 aliphatic rings. The molecule has 2 heterocycles. The van der Waals surface area contributed by atoms with Crippen LogP contribution in [0.1, 0.15) is 36.3 Å². The van der Waals surface area contributed by atoms with Gasteiger partial charge in [0.25, 0.3) is 0 Å². The van der Waals surface area contributed by atoms with Crippen LogP contribution in [0.5, 0.6) is 0 Å². The highest BCUT2D eigenvalue weighted by Gasteiger charge is 2.21. The number of nitrogens with zero attached hydrogens (tertiary/aromatic N) is 2. The van der Waals surface area contributed by atoms with Crippen molar-refractivity contribution in [2.45, 2.75) is 45.7 Å². The van der Waals surface area contributed by atoms with Gasteiger partial charge in [0.1, 0.15) is 0 Å². The summed E-state index contributed by atoms with van der Waals surface area (Å²) in [6.45, 7) is 2.28. The van der Waals surface area contributed by atoms with E-state index in [0.717, 1.165) is 25.9 Å². The molecular formula is C13H20F2N4O. The summed E-state index contributed by atoms with van der Waals surface area (Å²) in [6, 6.07) is 0.127. The van der Waals surface area contributed by atoms with Gasteiger partial charge in [0.05, 0.1) is 12.1 Å². The summed E-state index contributed by atoms with van der Waals surface area (Å²) in [5, 5.41) is 9.93. The lowest BCUT2D eigenvalue weighted by Crippen LogP contribution is -2.46. The minimum Gasteiger partial charge on any atom is -0.352 e. The predicted molar refractivity (Wildman–Crippen MR) is 70.7 cm³/mol. The third kappa shape index (κ3) is 3.33. The van der Waals surface area contributed by atoms with Crippen LogP contribution >= 0.6 is 0 Å². The van der Waals surface area contributed by atoms with Gasteiger partial charge in [-0.05, 0) is 33.2 Å². The van der Waals surface area contributed by atoms with Crippen LogP contribution in [0, 0.1) is 13.8 Å². The molecule has 1 aliphatic heterocycles. The normalized spacial score (nSPS) is 19.4. The minimum atomic E-state index is -2.67. The van der Waals surface area contributed by atoms with Crippen LogP contribution in [0.4, 0.5) is 8.78 Å². The monoisotopic (exact) mass is 286 g/mol. The molecule has 0 radical (unpaired) electrons. The van der Waals surface area contributed by atoms with Crippen LogP contribution in [0.25, 0.3) is 0 Å². The number of alkyl halides is 2. The highest BCUT2D eigenvalue weighted by Crippen LogP contribution is 2.19. The molecule has 0 aliphatic carbocycles. The molecule has 7 heteroatoms. The Balaban J connectivity index is 2.00. The maximum Gasteiger partial charge on any atom is 0.333 e. The fraction of sp³-hybridized carbons (Fsp3) is 0.692. The molecule has 1 atom stereocenters. The molecule has 1 amide bonds. The first kappa shape index (κ1) is 14.9. The fourth-order valence-electron chi connectivity index (χ4n) is 2.56. The number of amides is 1. The number of hydrogen-bond acceptors (Lipinski definition) is 3. The molecule has 1 unspecified atom stereocenters. The standard InChI is InChI=1S/C13H20F2N4O/c1-8-11(9(2)19(18-8)13(14)15)6-12(20)17-10-4-3-5-16-7-10/h10,13,16H,3-7H2,1-2H3,(H,17,20). The Kier molecular flexibility index (Phi) is 4.69. The van der Waals surface area contributed by atoms with Gasteiger partial charge in [-0.1, -0.05) is 0 Å². The van der Waals surface area contributed by atoms with E-state index in [0.29, 0.717) is 21.6 Å². The zero-order chi connectivity index (χ0) is 14.7. The van der Waals surface area contributed by atoms with Crippen LogP contribution in [0.3, 0.4) is 0 Å². The molecule has 0 bridgehead atoms. The fourth-order valence-corrected chi connectivity index (χ4v) is 2.56. The second-order valence-electron chi connectivity index (χ2n) is 5.16. The second-order valence-corrected chi connectivity index (χ2v) is 5.16. The van der Waals surface area contributed by atoms with Crippen LogP contribution in [0.2, 0.25) is 0 Å². The van der Waals surface area contributed by atoms with Crippen LogP contribution in [0.15, 0.2) is 0 Å². The third-order valence-electron chi connectivity index (χ3n) is 3.66. The number of hydrogen-bond donors (Lipinski definition) is 2. The van der Waals surface area contributed by atoms with E-state index in [-0.39, 0.29) is 18.4 Å². The van der Waals surface area contributed by atoms with Crippen molar-refractivity contribution in [1.82, 2.24) is 20.4 Å². The summed E-state index contributed by atoms with van der Waals surface area (Å²) in [5.74, 6) is -0.140. The van der Waals surface area contributed by atoms with Crippen molar-refractivity contribution in [1.29, 1.82) is 0 Å². The summed E-state index contributed by atoms with van der Waals surface area (Å²) in [6.07, 6.45) is 2.08. The lowest BCUT2D eigenvalue weighted by atomic mass is 10.1. The van der Waals surface area contributed by atoms with E-state index in [1.165, 1.54) is 0 Å². The first-order valence-corrected chi connectivity index (χ1v) is 6.82. The molecule has 20 heavy (non-hydrogen) atoms. The molecule has 0 spiro atoms. The number of piperidine rings is 1. The number of aromatic nitrogens is 2. The minimum absolute atomic E-state index is 0.0981. The van der Waals surface area contributed by atoms with E-state index in [9.17, 15) is 13.6 Å². The highest BCUT2D eigenvalue weighted by molar-refractivity contribution is 5.79. The van der Waals surface area contributed by atoms with E-state index in [2.05, 4.69) is 15.7 Å². The van der Waals surface area contributed by atoms with Crippen molar-refractivity contribution in [3.05, 3.63) is 17.0 Å². The average molecular weight is 286 g/mol. The molecular weight excluding hydrogens is 266 g/mol. The summed E-state index contributed by atoms with van der Waals surface area (Å²) < 4.78 is 26.1. The van der Waals surface area contributed by atoms with Crippen LogP contribution in [-0.4, -0.2) is 34.8 Å². The Hall–Kier alpha value is -1.50. The Morgan fingerprint density at radius 2 is 2.30 bits per heavy atom. The summed E-state index contributed by atoms with van der Waals surface area (Å²) in [7, 11) is 0. The lowest BCUT2D eigenvalue weighted by molar-refractivity contribution is -0.121. The van der Waals surface area contributed by atoms with E-state index in [4.69, 9.17) is 0 Å². The summed E-state index contributed by atoms with van der Waals surface area (Å²) >= 11 is 0. The van der Waals surface area contributed by atoms with Crippen molar-refractivity contribution in [2.75, 3.05) is 13.1 Å². The molecule has 1 saturated heterocycles. The second kappa shape index (κ2) is 6.30. The highest BCUT2D eigenvalue weighted by atomic mass is 19.3. The quantitative estimate of drug-likeness (QED) is 0.877. The number of aryl methyl sites for hydroxylation is 1. The van der Waals surface area contributed by atoms with E-state index < -0.39 is 6.55 Å². The number of carbonyl (C=O) groups excluding carboxylic acids is 1.